The predicted octanol–water partition coefficient (Wildman–Crippen LogP) is 3.67. The highest BCUT2D eigenvalue weighted by Crippen LogP contribution is 2.14. The quantitative estimate of drug-likeness (QED) is 0.619. The van der Waals surface area contributed by atoms with Crippen molar-refractivity contribution in [2.24, 2.45) is 0 Å². The third-order valence-corrected chi connectivity index (χ3v) is 2.25. The van der Waals surface area contributed by atoms with E-state index < -0.39 is 0 Å². The first-order chi connectivity index (χ1) is 5.77. The van der Waals surface area contributed by atoms with Gasteiger partial charge in [-0.05, 0) is 37.0 Å². The first-order valence-electron chi connectivity index (χ1n) is 4.50. The zero-order valence-corrected chi connectivity index (χ0v) is 8.09. The van der Waals surface area contributed by atoms with E-state index in [1.54, 1.807) is 0 Å². The molecule has 0 heteroatoms. The van der Waals surface area contributed by atoms with Gasteiger partial charge in [0.05, 0.1) is 0 Å². The van der Waals surface area contributed by atoms with Gasteiger partial charge < -0.3 is 0 Å². The minimum Gasteiger partial charge on any atom is -0.0841 e. The number of hydrogen-bond donors (Lipinski definition) is 0. The Bertz CT molecular complexity index is 265. The van der Waals surface area contributed by atoms with E-state index in [4.69, 9.17) is 0 Å². The van der Waals surface area contributed by atoms with Gasteiger partial charge in [0.2, 0.25) is 0 Å². The molecule has 0 saturated carbocycles. The van der Waals surface area contributed by atoms with Crippen molar-refractivity contribution in [2.45, 2.75) is 27.2 Å². The summed E-state index contributed by atoms with van der Waals surface area (Å²) in [5.74, 6) is 0. The summed E-state index contributed by atoms with van der Waals surface area (Å²) in [7, 11) is 0. The monoisotopic (exact) mass is 160 g/mol. The summed E-state index contributed by atoms with van der Waals surface area (Å²) in [6.07, 6.45) is 3.26. The van der Waals surface area contributed by atoms with Crippen LogP contribution in [-0.2, 0) is 6.42 Å². The van der Waals surface area contributed by atoms with Crippen molar-refractivity contribution >= 4 is 5.57 Å². The van der Waals surface area contributed by atoms with E-state index in [0.29, 0.717) is 0 Å². The van der Waals surface area contributed by atoms with Crippen LogP contribution < -0.4 is 0 Å². The SMILES string of the molecule is C/C=C(\C)c1ccc(CC)cc1. The van der Waals surface area contributed by atoms with E-state index in [1.807, 2.05) is 0 Å². The van der Waals surface area contributed by atoms with Gasteiger partial charge in [0.1, 0.15) is 0 Å². The molecular formula is C12H16. The molecule has 0 spiro atoms. The molecule has 0 fully saturated rings. The summed E-state index contributed by atoms with van der Waals surface area (Å²) < 4.78 is 0. The second-order valence-electron chi connectivity index (χ2n) is 3.02. The van der Waals surface area contributed by atoms with Gasteiger partial charge in [-0.2, -0.15) is 0 Å². The molecule has 0 saturated heterocycles. The summed E-state index contributed by atoms with van der Waals surface area (Å²) in [6, 6.07) is 8.77. The van der Waals surface area contributed by atoms with Crippen LogP contribution in [0.4, 0.5) is 0 Å². The molecule has 12 heavy (non-hydrogen) atoms. The molecule has 1 aromatic carbocycles. The Morgan fingerprint density at radius 3 is 2.25 bits per heavy atom. The van der Waals surface area contributed by atoms with E-state index in [2.05, 4.69) is 51.1 Å². The molecule has 0 aromatic heterocycles. The summed E-state index contributed by atoms with van der Waals surface area (Å²) in [5.41, 5.74) is 4.08. The molecule has 0 aliphatic heterocycles. The molecule has 1 rings (SSSR count). The van der Waals surface area contributed by atoms with Crippen molar-refractivity contribution in [3.63, 3.8) is 0 Å². The topological polar surface area (TPSA) is 0 Å². The lowest BCUT2D eigenvalue weighted by Crippen LogP contribution is -1.82. The second-order valence-corrected chi connectivity index (χ2v) is 3.02. The normalized spacial score (nSPS) is 11.8. The Labute approximate surface area is 74.9 Å². The summed E-state index contributed by atoms with van der Waals surface area (Å²) in [5, 5.41) is 0. The first-order valence-corrected chi connectivity index (χ1v) is 4.50. The number of hydrogen-bond acceptors (Lipinski definition) is 0. The van der Waals surface area contributed by atoms with Crippen molar-refractivity contribution in [1.82, 2.24) is 0 Å². The number of rotatable bonds is 2. The predicted molar refractivity (Wildman–Crippen MR) is 55.1 cm³/mol. The van der Waals surface area contributed by atoms with Crippen molar-refractivity contribution in [3.8, 4) is 0 Å². The van der Waals surface area contributed by atoms with Crippen molar-refractivity contribution in [3.05, 3.63) is 41.5 Å². The van der Waals surface area contributed by atoms with Gasteiger partial charge in [-0.3, -0.25) is 0 Å². The fraction of sp³-hybridized carbons (Fsp3) is 0.333. The number of allylic oxidation sites excluding steroid dienone is 2. The lowest BCUT2D eigenvalue weighted by molar-refractivity contribution is 1.14. The Kier molecular flexibility index (Phi) is 3.09. The molecule has 64 valence electrons. The fourth-order valence-corrected chi connectivity index (χ4v) is 1.17. The number of aryl methyl sites for hydroxylation is 1. The highest BCUT2D eigenvalue weighted by molar-refractivity contribution is 5.63. The van der Waals surface area contributed by atoms with Gasteiger partial charge in [-0.1, -0.05) is 37.3 Å². The molecule has 0 radical (unpaired) electrons. The Hall–Kier alpha value is -1.04. The molecule has 0 aliphatic carbocycles. The average molecular weight is 160 g/mol. The van der Waals surface area contributed by atoms with Gasteiger partial charge in [0.15, 0.2) is 0 Å². The third kappa shape index (κ3) is 1.97. The lowest BCUT2D eigenvalue weighted by Gasteiger charge is -2.01. The van der Waals surface area contributed by atoms with Crippen LogP contribution in [0.25, 0.3) is 5.57 Å². The van der Waals surface area contributed by atoms with E-state index in [9.17, 15) is 0 Å². The van der Waals surface area contributed by atoms with Crippen molar-refractivity contribution in [2.75, 3.05) is 0 Å². The standard InChI is InChI=1S/C12H16/c1-4-10(3)12-8-6-11(5-2)7-9-12/h4,6-9H,5H2,1-3H3/b10-4+. The molecule has 1 aromatic rings. The minimum absolute atomic E-state index is 1.12. The zero-order valence-electron chi connectivity index (χ0n) is 8.09. The van der Waals surface area contributed by atoms with E-state index in [-0.39, 0.29) is 0 Å². The highest BCUT2D eigenvalue weighted by atomic mass is 14.0. The van der Waals surface area contributed by atoms with Gasteiger partial charge in [-0.25, -0.2) is 0 Å². The second kappa shape index (κ2) is 4.10. The number of benzene rings is 1. The summed E-state index contributed by atoms with van der Waals surface area (Å²) >= 11 is 0. The molecular weight excluding hydrogens is 144 g/mol. The Morgan fingerprint density at radius 2 is 1.83 bits per heavy atom. The minimum atomic E-state index is 1.12. The maximum atomic E-state index is 2.20. The van der Waals surface area contributed by atoms with Crippen molar-refractivity contribution < 1.29 is 0 Å². The van der Waals surface area contributed by atoms with E-state index >= 15 is 0 Å². The van der Waals surface area contributed by atoms with Crippen LogP contribution in [0.5, 0.6) is 0 Å². The largest absolute Gasteiger partial charge is 0.0841 e. The average Bonchev–Trinajstić information content (AvgIpc) is 2.17. The third-order valence-electron chi connectivity index (χ3n) is 2.25. The fourth-order valence-electron chi connectivity index (χ4n) is 1.17. The van der Waals surface area contributed by atoms with E-state index in [0.717, 1.165) is 6.42 Å². The molecule has 0 unspecified atom stereocenters. The molecule has 0 atom stereocenters. The molecule has 0 aliphatic rings. The Morgan fingerprint density at radius 1 is 1.25 bits per heavy atom. The summed E-state index contributed by atoms with van der Waals surface area (Å²) in [6.45, 7) is 6.39. The molecule has 0 N–H and O–H groups in total. The van der Waals surface area contributed by atoms with Crippen LogP contribution in [0.3, 0.4) is 0 Å². The van der Waals surface area contributed by atoms with Crippen LogP contribution in [0.15, 0.2) is 30.3 Å². The van der Waals surface area contributed by atoms with Crippen LogP contribution in [0.1, 0.15) is 31.9 Å². The van der Waals surface area contributed by atoms with E-state index in [1.165, 1.54) is 16.7 Å². The van der Waals surface area contributed by atoms with Crippen LogP contribution >= 0.6 is 0 Å². The van der Waals surface area contributed by atoms with Crippen LogP contribution in [0, 0.1) is 0 Å². The van der Waals surface area contributed by atoms with Crippen LogP contribution in [-0.4, -0.2) is 0 Å². The maximum Gasteiger partial charge on any atom is -0.0230 e. The summed E-state index contributed by atoms with van der Waals surface area (Å²) in [4.78, 5) is 0. The van der Waals surface area contributed by atoms with Gasteiger partial charge >= 0.3 is 0 Å². The smallest absolute Gasteiger partial charge is 0.0230 e. The highest BCUT2D eigenvalue weighted by Gasteiger charge is 1.93. The lowest BCUT2D eigenvalue weighted by atomic mass is 10.0. The molecule has 0 heterocycles. The zero-order chi connectivity index (χ0) is 8.97. The maximum absolute atomic E-state index is 2.20. The molecule has 0 bridgehead atoms. The Balaban J connectivity index is 2.92. The van der Waals surface area contributed by atoms with Gasteiger partial charge in [-0.15, -0.1) is 0 Å². The van der Waals surface area contributed by atoms with Crippen LogP contribution in [0.2, 0.25) is 0 Å². The van der Waals surface area contributed by atoms with Crippen molar-refractivity contribution in [1.29, 1.82) is 0 Å². The molecule has 0 nitrogen and oxygen atoms in total. The first kappa shape index (κ1) is 9.05. The molecule has 0 amide bonds. The van der Waals surface area contributed by atoms with Gasteiger partial charge in [0, 0.05) is 0 Å². The van der Waals surface area contributed by atoms with Gasteiger partial charge in [0.25, 0.3) is 0 Å².